The monoisotopic (exact) mass is 451 g/mol. The minimum atomic E-state index is -0.692. The Balaban J connectivity index is 1.66. The third kappa shape index (κ3) is 4.74. The van der Waals surface area contributed by atoms with E-state index in [2.05, 4.69) is 15.9 Å². The van der Waals surface area contributed by atoms with Crippen molar-refractivity contribution in [1.29, 1.82) is 0 Å². The number of benzene rings is 1. The van der Waals surface area contributed by atoms with Crippen LogP contribution in [0.15, 0.2) is 28.7 Å². The van der Waals surface area contributed by atoms with Crippen molar-refractivity contribution in [3.63, 3.8) is 0 Å². The summed E-state index contributed by atoms with van der Waals surface area (Å²) in [5.74, 6) is -0.527. The third-order valence-electron chi connectivity index (χ3n) is 5.23. The van der Waals surface area contributed by atoms with Gasteiger partial charge in [0.15, 0.2) is 12.4 Å². The molecule has 2 fully saturated rings. The number of Topliss-reactive ketones (excluding diaryl/α,β-unsaturated/α-hetero) is 1. The summed E-state index contributed by atoms with van der Waals surface area (Å²) in [6.07, 6.45) is 2.98. The largest absolute Gasteiger partial charge is 0.456 e. The number of nitrogens with zero attached hydrogens (tertiary/aromatic N) is 1. The lowest BCUT2D eigenvalue weighted by Gasteiger charge is -2.31. The highest BCUT2D eigenvalue weighted by Crippen LogP contribution is 2.42. The number of fused-ring (bicyclic) bond motifs is 1. The molecule has 3 atom stereocenters. The molecule has 0 spiro atoms. The molecule has 1 saturated heterocycles. The van der Waals surface area contributed by atoms with Gasteiger partial charge in [0.05, 0.1) is 0 Å². The molecule has 1 unspecified atom stereocenters. The Morgan fingerprint density at radius 3 is 2.46 bits per heavy atom. The smallest absolute Gasteiger partial charge is 0.411 e. The summed E-state index contributed by atoms with van der Waals surface area (Å²) in [5, 5.41) is 0. The van der Waals surface area contributed by atoms with Crippen LogP contribution in [0.25, 0.3) is 0 Å². The topological polar surface area (TPSA) is 72.9 Å². The van der Waals surface area contributed by atoms with Crippen LogP contribution in [0.3, 0.4) is 0 Å². The van der Waals surface area contributed by atoms with E-state index in [1.54, 1.807) is 49.9 Å². The molecule has 3 rings (SSSR count). The Hall–Kier alpha value is -1.89. The molecule has 1 aliphatic carbocycles. The molecule has 7 heteroatoms. The average Bonchev–Trinajstić information content (AvgIpc) is 3.19. The third-order valence-corrected chi connectivity index (χ3v) is 5.75. The molecule has 1 amide bonds. The molecule has 1 heterocycles. The summed E-state index contributed by atoms with van der Waals surface area (Å²) in [6.45, 7) is 5.07. The summed E-state index contributed by atoms with van der Waals surface area (Å²) >= 11 is 3.32. The second-order valence-corrected chi connectivity index (χ2v) is 9.35. The molecule has 1 aromatic carbocycles. The summed E-state index contributed by atoms with van der Waals surface area (Å²) in [6, 6.07) is 6.19. The number of ketones is 1. The van der Waals surface area contributed by atoms with Gasteiger partial charge in [0.25, 0.3) is 0 Å². The highest BCUT2D eigenvalue weighted by molar-refractivity contribution is 9.10. The van der Waals surface area contributed by atoms with E-state index in [9.17, 15) is 14.4 Å². The Kier molecular flexibility index (Phi) is 6.12. The summed E-state index contributed by atoms with van der Waals surface area (Å²) in [5.41, 5.74) is -0.164. The lowest BCUT2D eigenvalue weighted by molar-refractivity contribution is -0.148. The maximum absolute atomic E-state index is 12.7. The zero-order valence-electron chi connectivity index (χ0n) is 16.4. The van der Waals surface area contributed by atoms with Gasteiger partial charge in [-0.05, 0) is 58.1 Å². The van der Waals surface area contributed by atoms with Crippen LogP contribution in [0.4, 0.5) is 4.79 Å². The van der Waals surface area contributed by atoms with Crippen molar-refractivity contribution >= 4 is 33.8 Å². The van der Waals surface area contributed by atoms with E-state index in [1.165, 1.54) is 0 Å². The highest BCUT2D eigenvalue weighted by atomic mass is 79.9. The van der Waals surface area contributed by atoms with E-state index in [0.29, 0.717) is 12.0 Å². The quantitative estimate of drug-likeness (QED) is 0.502. The normalized spacial score (nSPS) is 24.0. The Morgan fingerprint density at radius 2 is 1.82 bits per heavy atom. The summed E-state index contributed by atoms with van der Waals surface area (Å²) in [4.78, 5) is 39.3. The molecule has 2 aliphatic rings. The second kappa shape index (κ2) is 8.23. The van der Waals surface area contributed by atoms with Crippen LogP contribution in [0, 0.1) is 5.92 Å². The van der Waals surface area contributed by atoms with Gasteiger partial charge < -0.3 is 9.47 Å². The lowest BCUT2D eigenvalue weighted by Crippen LogP contribution is -2.47. The maximum Gasteiger partial charge on any atom is 0.411 e. The number of esters is 1. The van der Waals surface area contributed by atoms with E-state index >= 15 is 0 Å². The molecule has 152 valence electrons. The molecule has 28 heavy (non-hydrogen) atoms. The van der Waals surface area contributed by atoms with Gasteiger partial charge in [0.2, 0.25) is 0 Å². The molecule has 1 aliphatic heterocycles. The van der Waals surface area contributed by atoms with Crippen molar-refractivity contribution in [3.8, 4) is 0 Å². The number of likely N-dealkylation sites (tertiary alicyclic amines) is 1. The number of rotatable bonds is 4. The van der Waals surface area contributed by atoms with Crippen molar-refractivity contribution < 1.29 is 23.9 Å². The van der Waals surface area contributed by atoms with Crippen molar-refractivity contribution in [2.24, 2.45) is 5.92 Å². The van der Waals surface area contributed by atoms with Crippen LogP contribution < -0.4 is 0 Å². The number of carbonyl (C=O) groups is 3. The van der Waals surface area contributed by atoms with Gasteiger partial charge in [-0.1, -0.05) is 34.5 Å². The minimum absolute atomic E-state index is 0.00887. The maximum atomic E-state index is 12.7. The van der Waals surface area contributed by atoms with E-state index in [-0.39, 0.29) is 24.3 Å². The summed E-state index contributed by atoms with van der Waals surface area (Å²) in [7, 11) is 0. The van der Waals surface area contributed by atoms with Crippen LogP contribution in [-0.4, -0.2) is 47.0 Å². The van der Waals surface area contributed by atoms with Crippen molar-refractivity contribution in [2.75, 3.05) is 6.61 Å². The number of halogens is 1. The van der Waals surface area contributed by atoms with E-state index in [1.807, 2.05) is 0 Å². The van der Waals surface area contributed by atoms with Gasteiger partial charge in [-0.3, -0.25) is 9.69 Å². The van der Waals surface area contributed by atoms with E-state index in [0.717, 1.165) is 23.7 Å². The molecule has 0 radical (unpaired) electrons. The van der Waals surface area contributed by atoms with Gasteiger partial charge in [-0.2, -0.15) is 0 Å². The number of hydrogen-bond donors (Lipinski definition) is 0. The Morgan fingerprint density at radius 1 is 1.14 bits per heavy atom. The van der Waals surface area contributed by atoms with E-state index in [4.69, 9.17) is 9.47 Å². The lowest BCUT2D eigenvalue weighted by atomic mass is 10.0. The molecular weight excluding hydrogens is 426 g/mol. The first kappa shape index (κ1) is 20.8. The number of hydrogen-bond acceptors (Lipinski definition) is 5. The molecule has 0 aromatic heterocycles. The first-order valence-electron chi connectivity index (χ1n) is 9.62. The predicted octanol–water partition coefficient (Wildman–Crippen LogP) is 4.35. The van der Waals surface area contributed by atoms with Gasteiger partial charge in [0, 0.05) is 16.1 Å². The fourth-order valence-electron chi connectivity index (χ4n) is 4.03. The SMILES string of the molecule is CC(C)(C)OC(=O)N1C(C(=O)OCC(=O)c2ccc(Br)cc2)C[C@@H]2CCC[C@@H]21. The van der Waals surface area contributed by atoms with E-state index < -0.39 is 23.7 Å². The van der Waals surface area contributed by atoms with Gasteiger partial charge in [-0.25, -0.2) is 9.59 Å². The van der Waals surface area contributed by atoms with Gasteiger partial charge >= 0.3 is 12.1 Å². The van der Waals surface area contributed by atoms with Crippen LogP contribution in [0.5, 0.6) is 0 Å². The van der Waals surface area contributed by atoms with Crippen LogP contribution in [0.2, 0.25) is 0 Å². The van der Waals surface area contributed by atoms with Crippen molar-refractivity contribution in [1.82, 2.24) is 4.90 Å². The molecule has 0 N–H and O–H groups in total. The van der Waals surface area contributed by atoms with Crippen LogP contribution in [-0.2, 0) is 14.3 Å². The zero-order chi connectivity index (χ0) is 20.5. The number of carbonyl (C=O) groups excluding carboxylic acids is 3. The first-order chi connectivity index (χ1) is 13.2. The fourth-order valence-corrected chi connectivity index (χ4v) is 4.29. The molecule has 1 saturated carbocycles. The Labute approximate surface area is 173 Å². The standard InChI is InChI=1S/C21H26BrNO5/c1-21(2,3)28-20(26)23-16-6-4-5-14(16)11-17(23)19(25)27-12-18(24)13-7-9-15(22)10-8-13/h7-10,14,16-17H,4-6,11-12H2,1-3H3/t14-,16-,17?/m0/s1. The second-order valence-electron chi connectivity index (χ2n) is 8.44. The van der Waals surface area contributed by atoms with Crippen molar-refractivity contribution in [2.45, 2.75) is 64.1 Å². The molecule has 6 nitrogen and oxygen atoms in total. The predicted molar refractivity (Wildman–Crippen MR) is 107 cm³/mol. The van der Waals surface area contributed by atoms with Crippen LogP contribution in [0.1, 0.15) is 56.8 Å². The fraction of sp³-hybridized carbons (Fsp3) is 0.571. The van der Waals surface area contributed by atoms with Crippen LogP contribution >= 0.6 is 15.9 Å². The summed E-state index contributed by atoms with van der Waals surface area (Å²) < 4.78 is 11.7. The number of ether oxygens (including phenoxy) is 2. The highest BCUT2D eigenvalue weighted by Gasteiger charge is 2.50. The Bertz CT molecular complexity index is 755. The van der Waals surface area contributed by atoms with Gasteiger partial charge in [0.1, 0.15) is 11.6 Å². The molecular formula is C21H26BrNO5. The number of amides is 1. The van der Waals surface area contributed by atoms with Gasteiger partial charge in [-0.15, -0.1) is 0 Å². The van der Waals surface area contributed by atoms with Crippen molar-refractivity contribution in [3.05, 3.63) is 34.3 Å². The molecule has 1 aromatic rings. The average molecular weight is 452 g/mol. The first-order valence-corrected chi connectivity index (χ1v) is 10.4. The minimum Gasteiger partial charge on any atom is -0.456 e. The molecule has 0 bridgehead atoms. The zero-order valence-corrected chi connectivity index (χ0v) is 18.0.